The Balaban J connectivity index is 1.93. The van der Waals surface area contributed by atoms with Crippen LogP contribution in [0.15, 0.2) is 24.3 Å². The van der Waals surface area contributed by atoms with Crippen molar-refractivity contribution in [3.63, 3.8) is 0 Å². The van der Waals surface area contributed by atoms with Gasteiger partial charge in [0.1, 0.15) is 6.10 Å². The van der Waals surface area contributed by atoms with Crippen LogP contribution in [0.4, 0.5) is 0 Å². The number of hydrogen-bond acceptors (Lipinski definition) is 4. The lowest BCUT2D eigenvalue weighted by Gasteiger charge is -2.39. The first-order chi connectivity index (χ1) is 10.1. The van der Waals surface area contributed by atoms with E-state index in [4.69, 9.17) is 4.74 Å². The van der Waals surface area contributed by atoms with Gasteiger partial charge >= 0.3 is 0 Å². The van der Waals surface area contributed by atoms with E-state index in [2.05, 4.69) is 18.0 Å². The first kappa shape index (κ1) is 13.2. The average Bonchev–Trinajstić information content (AvgIpc) is 2.79. The lowest BCUT2D eigenvalue weighted by Crippen LogP contribution is -2.45. The second kappa shape index (κ2) is 4.49. The smallest absolute Gasteiger partial charge is 0.165 e. The van der Waals surface area contributed by atoms with Gasteiger partial charge in [-0.1, -0.05) is 18.2 Å². The first-order valence-corrected chi connectivity index (χ1v) is 7.68. The van der Waals surface area contributed by atoms with Crippen LogP contribution in [0.1, 0.15) is 24.0 Å². The Morgan fingerprint density at radius 3 is 3.05 bits per heavy atom. The molecule has 4 heteroatoms. The van der Waals surface area contributed by atoms with Gasteiger partial charge in [-0.25, -0.2) is 0 Å². The van der Waals surface area contributed by atoms with Crippen LogP contribution in [-0.4, -0.2) is 47.5 Å². The predicted octanol–water partition coefficient (Wildman–Crippen LogP) is 1.59. The number of phenolic OH excluding ortho intramolecular Hbond substituents is 1. The SMILES string of the molecule is CN1CCc2ccc(O)c3c2[C@@]2(C=C[C@H](O)C[C@@H]2O3)CC1. The summed E-state index contributed by atoms with van der Waals surface area (Å²) in [6, 6.07) is 3.76. The van der Waals surface area contributed by atoms with Crippen molar-refractivity contribution >= 4 is 0 Å². The molecule has 2 N–H and O–H groups in total. The zero-order chi connectivity index (χ0) is 14.6. The standard InChI is InChI=1S/C17H21NO3/c1-18-8-5-11-2-3-13(20)16-15(11)17(7-9-18)6-4-12(19)10-14(17)21-16/h2-4,6,12,14,19-20H,5,7-10H2,1H3/t12-,14-,17-/m0/s1. The number of aromatic hydroxyl groups is 1. The van der Waals surface area contributed by atoms with Gasteiger partial charge in [0.15, 0.2) is 11.5 Å². The molecule has 3 atom stereocenters. The van der Waals surface area contributed by atoms with E-state index in [-0.39, 0.29) is 17.3 Å². The number of ether oxygens (including phenoxy) is 1. The summed E-state index contributed by atoms with van der Waals surface area (Å²) in [6.07, 6.45) is 6.00. The fourth-order valence-electron chi connectivity index (χ4n) is 4.06. The van der Waals surface area contributed by atoms with Crippen molar-refractivity contribution in [3.05, 3.63) is 35.4 Å². The van der Waals surface area contributed by atoms with E-state index in [1.165, 1.54) is 5.56 Å². The highest BCUT2D eigenvalue weighted by Gasteiger charge is 2.51. The third-order valence-corrected chi connectivity index (χ3v) is 5.26. The molecule has 2 aliphatic heterocycles. The van der Waals surface area contributed by atoms with Crippen LogP contribution in [0, 0.1) is 0 Å². The summed E-state index contributed by atoms with van der Waals surface area (Å²) in [5, 5.41) is 20.1. The number of aliphatic hydroxyl groups excluding tert-OH is 1. The summed E-state index contributed by atoms with van der Waals surface area (Å²) in [7, 11) is 2.15. The molecule has 21 heavy (non-hydrogen) atoms. The van der Waals surface area contributed by atoms with E-state index in [0.29, 0.717) is 12.2 Å². The summed E-state index contributed by atoms with van der Waals surface area (Å²) in [5.74, 6) is 0.861. The summed E-state index contributed by atoms with van der Waals surface area (Å²) in [6.45, 7) is 2.01. The highest BCUT2D eigenvalue weighted by atomic mass is 16.5. The Hall–Kier alpha value is -1.52. The number of phenols is 1. The second-order valence-corrected chi connectivity index (χ2v) is 6.56. The predicted molar refractivity (Wildman–Crippen MR) is 79.8 cm³/mol. The number of rotatable bonds is 0. The molecule has 3 aliphatic rings. The van der Waals surface area contributed by atoms with Gasteiger partial charge in [-0.3, -0.25) is 0 Å². The molecule has 1 aliphatic carbocycles. The Kier molecular flexibility index (Phi) is 2.81. The molecule has 0 bridgehead atoms. The molecule has 0 saturated carbocycles. The van der Waals surface area contributed by atoms with Crippen molar-refractivity contribution in [3.8, 4) is 11.5 Å². The topological polar surface area (TPSA) is 52.9 Å². The molecule has 4 rings (SSSR count). The maximum atomic E-state index is 10.2. The van der Waals surface area contributed by atoms with Crippen molar-refractivity contribution in [1.29, 1.82) is 0 Å². The molecular formula is C17H21NO3. The van der Waals surface area contributed by atoms with Crippen molar-refractivity contribution in [2.24, 2.45) is 0 Å². The maximum Gasteiger partial charge on any atom is 0.165 e. The molecule has 0 unspecified atom stereocenters. The van der Waals surface area contributed by atoms with Gasteiger partial charge in [-0.2, -0.15) is 0 Å². The van der Waals surface area contributed by atoms with E-state index in [1.54, 1.807) is 6.07 Å². The van der Waals surface area contributed by atoms with E-state index in [9.17, 15) is 10.2 Å². The summed E-state index contributed by atoms with van der Waals surface area (Å²) >= 11 is 0. The number of aliphatic hydroxyl groups is 1. The minimum Gasteiger partial charge on any atom is -0.504 e. The lowest BCUT2D eigenvalue weighted by atomic mass is 9.67. The monoisotopic (exact) mass is 287 g/mol. The molecule has 0 saturated heterocycles. The van der Waals surface area contributed by atoms with Gasteiger partial charge in [0, 0.05) is 18.5 Å². The van der Waals surface area contributed by atoms with E-state index in [0.717, 1.165) is 31.5 Å². The summed E-state index contributed by atoms with van der Waals surface area (Å²) in [5.41, 5.74) is 2.22. The second-order valence-electron chi connectivity index (χ2n) is 6.56. The van der Waals surface area contributed by atoms with Crippen molar-refractivity contribution in [2.75, 3.05) is 20.1 Å². The van der Waals surface area contributed by atoms with Gasteiger partial charge in [0.05, 0.1) is 11.5 Å². The molecule has 112 valence electrons. The van der Waals surface area contributed by atoms with Crippen LogP contribution in [0.5, 0.6) is 11.5 Å². The average molecular weight is 287 g/mol. The minimum atomic E-state index is -0.455. The molecule has 0 aromatic heterocycles. The molecule has 0 radical (unpaired) electrons. The zero-order valence-electron chi connectivity index (χ0n) is 12.2. The van der Waals surface area contributed by atoms with Crippen molar-refractivity contribution in [2.45, 2.75) is 36.9 Å². The van der Waals surface area contributed by atoms with Gasteiger partial charge in [-0.15, -0.1) is 0 Å². The molecule has 2 heterocycles. The number of nitrogens with zero attached hydrogens (tertiary/aromatic N) is 1. The van der Waals surface area contributed by atoms with Gasteiger partial charge in [-0.05, 0) is 38.1 Å². The minimum absolute atomic E-state index is 0.0777. The van der Waals surface area contributed by atoms with Crippen LogP contribution in [-0.2, 0) is 11.8 Å². The van der Waals surface area contributed by atoms with Crippen LogP contribution >= 0.6 is 0 Å². The normalized spacial score (nSPS) is 34.6. The molecular weight excluding hydrogens is 266 g/mol. The number of likely N-dealkylation sites (N-methyl/N-ethyl adjacent to an activating group) is 1. The third-order valence-electron chi connectivity index (χ3n) is 5.26. The molecule has 1 aromatic rings. The quantitative estimate of drug-likeness (QED) is 0.712. The largest absolute Gasteiger partial charge is 0.504 e. The zero-order valence-corrected chi connectivity index (χ0v) is 12.2. The Morgan fingerprint density at radius 1 is 1.33 bits per heavy atom. The van der Waals surface area contributed by atoms with Gasteiger partial charge in [0.25, 0.3) is 0 Å². The number of hydrogen-bond donors (Lipinski definition) is 2. The first-order valence-electron chi connectivity index (χ1n) is 7.68. The number of benzene rings is 1. The van der Waals surface area contributed by atoms with E-state index >= 15 is 0 Å². The van der Waals surface area contributed by atoms with E-state index < -0.39 is 6.10 Å². The van der Waals surface area contributed by atoms with Gasteiger partial charge < -0.3 is 19.8 Å². The Labute approximate surface area is 124 Å². The fourth-order valence-corrected chi connectivity index (χ4v) is 4.06. The summed E-state index contributed by atoms with van der Waals surface area (Å²) < 4.78 is 6.09. The van der Waals surface area contributed by atoms with Crippen LogP contribution in [0.2, 0.25) is 0 Å². The van der Waals surface area contributed by atoms with Crippen molar-refractivity contribution in [1.82, 2.24) is 4.90 Å². The van der Waals surface area contributed by atoms with Crippen LogP contribution in [0.3, 0.4) is 0 Å². The third kappa shape index (κ3) is 1.82. The van der Waals surface area contributed by atoms with Gasteiger partial charge in [0.2, 0.25) is 0 Å². The van der Waals surface area contributed by atoms with Crippen LogP contribution < -0.4 is 4.74 Å². The lowest BCUT2D eigenvalue weighted by molar-refractivity contribution is 0.0801. The Bertz CT molecular complexity index is 612. The van der Waals surface area contributed by atoms with Crippen molar-refractivity contribution < 1.29 is 14.9 Å². The molecule has 0 amide bonds. The summed E-state index contributed by atoms with van der Waals surface area (Å²) in [4.78, 5) is 2.35. The van der Waals surface area contributed by atoms with E-state index in [1.807, 2.05) is 12.1 Å². The maximum absolute atomic E-state index is 10.2. The molecule has 1 spiro atoms. The Morgan fingerprint density at radius 2 is 2.19 bits per heavy atom. The highest BCUT2D eigenvalue weighted by Crippen LogP contribution is 2.54. The van der Waals surface area contributed by atoms with Crippen LogP contribution in [0.25, 0.3) is 0 Å². The molecule has 4 nitrogen and oxygen atoms in total. The molecule has 1 aromatic carbocycles. The fraction of sp³-hybridized carbons (Fsp3) is 0.529. The molecule has 0 fully saturated rings. The highest BCUT2D eigenvalue weighted by molar-refractivity contribution is 5.60.